The first-order valence-corrected chi connectivity index (χ1v) is 10.4. The minimum Gasteiger partial charge on any atom is -0.487 e. The van der Waals surface area contributed by atoms with E-state index < -0.39 is 5.41 Å². The van der Waals surface area contributed by atoms with Gasteiger partial charge in [0, 0.05) is 24.1 Å². The number of fused-ring (bicyclic) bond motifs is 1. The van der Waals surface area contributed by atoms with E-state index in [1.165, 1.54) is 12.1 Å². The summed E-state index contributed by atoms with van der Waals surface area (Å²) in [6.45, 7) is 0.332. The van der Waals surface area contributed by atoms with E-state index in [0.29, 0.717) is 18.0 Å². The molecule has 1 aliphatic rings. The van der Waals surface area contributed by atoms with Gasteiger partial charge in [-0.2, -0.15) is 0 Å². The number of imidazole rings is 1. The van der Waals surface area contributed by atoms with E-state index in [4.69, 9.17) is 4.74 Å². The zero-order valence-electron chi connectivity index (χ0n) is 16.9. The number of nitrogens with one attached hydrogen (secondary N) is 1. The molecule has 5 nitrogen and oxygen atoms in total. The number of ether oxygens (including phenoxy) is 1. The molecular formula is C25H22FN3O2. The van der Waals surface area contributed by atoms with Crippen LogP contribution in [0.1, 0.15) is 30.5 Å². The Morgan fingerprint density at radius 2 is 1.94 bits per heavy atom. The van der Waals surface area contributed by atoms with E-state index in [1.807, 2.05) is 59.3 Å². The van der Waals surface area contributed by atoms with Crippen LogP contribution in [0.15, 0.2) is 79.1 Å². The summed E-state index contributed by atoms with van der Waals surface area (Å²) in [6.07, 6.45) is 6.37. The molecular weight excluding hydrogens is 393 g/mol. The smallest absolute Gasteiger partial charge is 0.235 e. The number of rotatable bonds is 6. The van der Waals surface area contributed by atoms with Crippen LogP contribution < -0.4 is 10.1 Å². The van der Waals surface area contributed by atoms with Gasteiger partial charge in [-0.05, 0) is 54.8 Å². The number of pyridine rings is 1. The highest BCUT2D eigenvalue weighted by Crippen LogP contribution is 2.44. The summed E-state index contributed by atoms with van der Waals surface area (Å²) in [5.74, 6) is 0.288. The molecule has 0 saturated heterocycles. The first-order valence-electron chi connectivity index (χ1n) is 10.4. The number of benzene rings is 2. The number of carbonyl (C=O) groups is 1. The van der Waals surface area contributed by atoms with Crippen molar-refractivity contribution in [2.24, 2.45) is 0 Å². The average Bonchev–Trinajstić information content (AvgIpc) is 3.16. The fourth-order valence-corrected chi connectivity index (χ4v) is 4.07. The predicted octanol–water partition coefficient (Wildman–Crippen LogP) is 5.11. The van der Waals surface area contributed by atoms with E-state index in [2.05, 4.69) is 10.3 Å². The van der Waals surface area contributed by atoms with Crippen LogP contribution in [-0.4, -0.2) is 15.3 Å². The topological polar surface area (TPSA) is 55.6 Å². The van der Waals surface area contributed by atoms with E-state index >= 15 is 0 Å². The molecule has 0 atom stereocenters. The molecule has 0 aliphatic heterocycles. The Morgan fingerprint density at radius 1 is 1.10 bits per heavy atom. The Labute approximate surface area is 179 Å². The maximum Gasteiger partial charge on any atom is 0.235 e. The van der Waals surface area contributed by atoms with Crippen LogP contribution in [0.5, 0.6) is 5.75 Å². The third-order valence-corrected chi connectivity index (χ3v) is 5.93. The number of carbonyl (C=O) groups excluding carboxylic acids is 1. The van der Waals surface area contributed by atoms with Crippen LogP contribution in [0.4, 0.5) is 10.1 Å². The molecule has 0 unspecified atom stereocenters. The summed E-state index contributed by atoms with van der Waals surface area (Å²) in [5.41, 5.74) is 2.63. The SMILES string of the molecule is O=C(Nc1cccc(OCc2cn3ccccc3n2)c1)C1(c2ccc(F)cc2)CCC1. The van der Waals surface area contributed by atoms with Crippen LogP contribution >= 0.6 is 0 Å². The number of halogens is 1. The number of aromatic nitrogens is 2. The monoisotopic (exact) mass is 415 g/mol. The van der Waals surface area contributed by atoms with Gasteiger partial charge in [0.25, 0.3) is 0 Å². The normalized spacial score (nSPS) is 14.7. The number of hydrogen-bond donors (Lipinski definition) is 1. The van der Waals surface area contributed by atoms with Gasteiger partial charge >= 0.3 is 0 Å². The summed E-state index contributed by atoms with van der Waals surface area (Å²) in [7, 11) is 0. The molecule has 2 aromatic heterocycles. The molecule has 0 bridgehead atoms. The van der Waals surface area contributed by atoms with Crippen molar-refractivity contribution in [3.05, 3.63) is 96.2 Å². The van der Waals surface area contributed by atoms with Crippen molar-refractivity contribution in [1.29, 1.82) is 0 Å². The summed E-state index contributed by atoms with van der Waals surface area (Å²) in [5, 5.41) is 3.03. The van der Waals surface area contributed by atoms with E-state index in [1.54, 1.807) is 12.1 Å². The highest BCUT2D eigenvalue weighted by atomic mass is 19.1. The Balaban J connectivity index is 1.28. The van der Waals surface area contributed by atoms with E-state index in [0.717, 1.165) is 36.2 Å². The molecule has 5 rings (SSSR count). The third-order valence-electron chi connectivity index (χ3n) is 5.93. The summed E-state index contributed by atoms with van der Waals surface area (Å²) >= 11 is 0. The molecule has 1 aliphatic carbocycles. The van der Waals surface area contributed by atoms with Gasteiger partial charge in [0.15, 0.2) is 0 Å². The predicted molar refractivity (Wildman–Crippen MR) is 117 cm³/mol. The molecule has 1 amide bonds. The molecule has 156 valence electrons. The Kier molecular flexibility index (Phi) is 4.90. The van der Waals surface area contributed by atoms with Crippen molar-refractivity contribution < 1.29 is 13.9 Å². The highest BCUT2D eigenvalue weighted by Gasteiger charge is 2.45. The quantitative estimate of drug-likeness (QED) is 0.476. The molecule has 1 N–H and O–H groups in total. The fraction of sp³-hybridized carbons (Fsp3) is 0.200. The minimum absolute atomic E-state index is 0.0668. The first kappa shape index (κ1) is 19.3. The number of amides is 1. The maximum absolute atomic E-state index is 13.3. The molecule has 4 aromatic rings. The van der Waals surface area contributed by atoms with Gasteiger partial charge in [-0.25, -0.2) is 9.37 Å². The lowest BCUT2D eigenvalue weighted by Gasteiger charge is -2.40. The zero-order chi connectivity index (χ0) is 21.3. The first-order chi connectivity index (χ1) is 15.1. The summed E-state index contributed by atoms with van der Waals surface area (Å²) < 4.78 is 21.2. The Morgan fingerprint density at radius 3 is 2.68 bits per heavy atom. The van der Waals surface area contributed by atoms with Gasteiger partial charge in [-0.1, -0.05) is 30.7 Å². The second-order valence-corrected chi connectivity index (χ2v) is 7.91. The maximum atomic E-state index is 13.3. The van der Waals surface area contributed by atoms with Crippen molar-refractivity contribution in [2.75, 3.05) is 5.32 Å². The van der Waals surface area contributed by atoms with Crippen molar-refractivity contribution >= 4 is 17.2 Å². The van der Waals surface area contributed by atoms with E-state index in [9.17, 15) is 9.18 Å². The summed E-state index contributed by atoms with van der Waals surface area (Å²) in [6, 6.07) is 19.4. The van der Waals surface area contributed by atoms with Gasteiger partial charge in [0.1, 0.15) is 23.8 Å². The lowest BCUT2D eigenvalue weighted by atomic mass is 9.64. The van der Waals surface area contributed by atoms with Gasteiger partial charge in [-0.15, -0.1) is 0 Å². The Bertz CT molecular complexity index is 1200. The number of anilines is 1. The molecule has 1 fully saturated rings. The fourth-order valence-electron chi connectivity index (χ4n) is 4.07. The number of hydrogen-bond acceptors (Lipinski definition) is 3. The third kappa shape index (κ3) is 3.77. The molecule has 6 heteroatoms. The molecule has 2 heterocycles. The number of nitrogens with zero attached hydrogens (tertiary/aromatic N) is 2. The average molecular weight is 415 g/mol. The van der Waals surface area contributed by atoms with E-state index in [-0.39, 0.29) is 11.7 Å². The lowest BCUT2D eigenvalue weighted by molar-refractivity contribution is -0.124. The van der Waals surface area contributed by atoms with Crippen LogP contribution in [0.2, 0.25) is 0 Å². The largest absolute Gasteiger partial charge is 0.487 e. The molecule has 1 saturated carbocycles. The second kappa shape index (κ2) is 7.87. The van der Waals surface area contributed by atoms with Crippen molar-refractivity contribution in [3.63, 3.8) is 0 Å². The van der Waals surface area contributed by atoms with Crippen LogP contribution in [-0.2, 0) is 16.8 Å². The van der Waals surface area contributed by atoms with Crippen molar-refractivity contribution in [2.45, 2.75) is 31.3 Å². The standard InChI is InChI=1S/C25H22FN3O2/c26-19-10-8-18(9-11-19)25(12-4-13-25)24(30)28-20-5-3-6-22(15-20)31-17-21-16-29-14-2-1-7-23(29)27-21/h1-3,5-11,14-16H,4,12-13,17H2,(H,28,30). The second-order valence-electron chi connectivity index (χ2n) is 7.91. The van der Waals surface area contributed by atoms with Gasteiger partial charge in [0.05, 0.1) is 11.1 Å². The van der Waals surface area contributed by atoms with Gasteiger partial charge in [0.2, 0.25) is 5.91 Å². The van der Waals surface area contributed by atoms with Crippen LogP contribution in [0.25, 0.3) is 5.65 Å². The van der Waals surface area contributed by atoms with Gasteiger partial charge < -0.3 is 14.5 Å². The molecule has 2 aromatic carbocycles. The Hall–Kier alpha value is -3.67. The summed E-state index contributed by atoms with van der Waals surface area (Å²) in [4.78, 5) is 17.7. The zero-order valence-corrected chi connectivity index (χ0v) is 16.9. The highest BCUT2D eigenvalue weighted by molar-refractivity contribution is 6.00. The lowest BCUT2D eigenvalue weighted by Crippen LogP contribution is -2.46. The molecule has 0 spiro atoms. The van der Waals surface area contributed by atoms with Crippen LogP contribution in [0.3, 0.4) is 0 Å². The van der Waals surface area contributed by atoms with Gasteiger partial charge in [-0.3, -0.25) is 4.79 Å². The van der Waals surface area contributed by atoms with Crippen molar-refractivity contribution in [1.82, 2.24) is 9.38 Å². The minimum atomic E-state index is -0.596. The van der Waals surface area contributed by atoms with Crippen LogP contribution in [0, 0.1) is 5.82 Å². The van der Waals surface area contributed by atoms with Crippen molar-refractivity contribution in [3.8, 4) is 5.75 Å². The molecule has 31 heavy (non-hydrogen) atoms. The molecule has 0 radical (unpaired) electrons.